The van der Waals surface area contributed by atoms with Crippen molar-refractivity contribution >= 4 is 50.7 Å². The Morgan fingerprint density at radius 1 is 0.900 bits per heavy atom. The molecule has 0 heterocycles. The van der Waals surface area contributed by atoms with Crippen LogP contribution >= 0.6 is 23.2 Å². The molecule has 0 radical (unpaired) electrons. The number of halogens is 2. The molecular formula is C30H35Cl2N3O4S. The van der Waals surface area contributed by atoms with E-state index in [9.17, 15) is 18.0 Å². The summed E-state index contributed by atoms with van der Waals surface area (Å²) in [6, 6.07) is 19.3. The highest BCUT2D eigenvalue weighted by Gasteiger charge is 2.34. The summed E-state index contributed by atoms with van der Waals surface area (Å²) in [5, 5.41) is 3.11. The fraction of sp³-hybridized carbons (Fsp3) is 0.333. The molecule has 0 unspecified atom stereocenters. The normalized spacial score (nSPS) is 12.8. The topological polar surface area (TPSA) is 86.8 Å². The molecule has 3 aromatic carbocycles. The van der Waals surface area contributed by atoms with E-state index in [1.807, 2.05) is 58.0 Å². The number of sulfonamides is 1. The molecule has 0 aromatic heterocycles. The van der Waals surface area contributed by atoms with Gasteiger partial charge < -0.3 is 10.2 Å². The number of benzene rings is 3. The van der Waals surface area contributed by atoms with E-state index in [1.54, 1.807) is 24.3 Å². The molecule has 0 aliphatic carbocycles. The summed E-state index contributed by atoms with van der Waals surface area (Å²) in [5.74, 6) is -0.850. The Balaban J connectivity index is 2.09. The second kappa shape index (κ2) is 14.0. The average molecular weight is 605 g/mol. The van der Waals surface area contributed by atoms with Crippen molar-refractivity contribution in [2.45, 2.75) is 64.1 Å². The number of aryl methyl sites for hydroxylation is 1. The van der Waals surface area contributed by atoms with Crippen LogP contribution in [0.5, 0.6) is 0 Å². The van der Waals surface area contributed by atoms with Crippen LogP contribution in [0.15, 0.2) is 77.7 Å². The minimum absolute atomic E-state index is 0.00175. The van der Waals surface area contributed by atoms with Gasteiger partial charge in [0.05, 0.1) is 20.6 Å². The molecule has 40 heavy (non-hydrogen) atoms. The highest BCUT2D eigenvalue weighted by Crippen LogP contribution is 2.35. The number of rotatable bonds is 12. The predicted molar refractivity (Wildman–Crippen MR) is 161 cm³/mol. The Morgan fingerprint density at radius 2 is 1.55 bits per heavy atom. The first-order valence-corrected chi connectivity index (χ1v) is 15.4. The molecule has 2 atom stereocenters. The van der Waals surface area contributed by atoms with Crippen molar-refractivity contribution in [2.75, 3.05) is 10.8 Å². The molecule has 0 saturated carbocycles. The first kappa shape index (κ1) is 31.5. The minimum Gasteiger partial charge on any atom is -0.352 e. The van der Waals surface area contributed by atoms with Crippen molar-refractivity contribution in [1.82, 2.24) is 10.2 Å². The molecule has 0 spiro atoms. The summed E-state index contributed by atoms with van der Waals surface area (Å²) < 4.78 is 28.9. The number of anilines is 1. The number of nitrogens with zero attached hydrogens (tertiary/aromatic N) is 2. The predicted octanol–water partition coefficient (Wildman–Crippen LogP) is 6.22. The lowest BCUT2D eigenvalue weighted by Gasteiger charge is -2.34. The standard InChI is InChI=1S/C30H35Cl2N3O4S/c1-5-22(4)33-30(37)26(6-2)34(19-23-11-8-7-9-12-23)28(36)20-35(27-14-10-13-25(31)29(27)32)40(38,39)24-17-15-21(3)16-18-24/h7-18,22,26H,5-6,19-20H2,1-4H3,(H,33,37)/t22-,26+/m1/s1. The van der Waals surface area contributed by atoms with Gasteiger partial charge in [-0.15, -0.1) is 0 Å². The molecular weight excluding hydrogens is 569 g/mol. The van der Waals surface area contributed by atoms with Crippen LogP contribution in [0.2, 0.25) is 10.0 Å². The summed E-state index contributed by atoms with van der Waals surface area (Å²) in [6.07, 6.45) is 1.06. The van der Waals surface area contributed by atoms with Crippen LogP contribution in [0.25, 0.3) is 0 Å². The van der Waals surface area contributed by atoms with Gasteiger partial charge >= 0.3 is 0 Å². The van der Waals surface area contributed by atoms with E-state index in [-0.39, 0.29) is 39.1 Å². The Morgan fingerprint density at radius 3 is 2.15 bits per heavy atom. The van der Waals surface area contributed by atoms with Crippen LogP contribution in [-0.2, 0) is 26.2 Å². The molecule has 3 aromatic rings. The van der Waals surface area contributed by atoms with E-state index >= 15 is 0 Å². The third-order valence-corrected chi connectivity index (χ3v) is 9.25. The maximum absolute atomic E-state index is 14.1. The molecule has 0 aliphatic rings. The second-order valence-corrected chi connectivity index (χ2v) is 12.3. The highest BCUT2D eigenvalue weighted by atomic mass is 35.5. The van der Waals surface area contributed by atoms with Crippen molar-refractivity contribution < 1.29 is 18.0 Å². The van der Waals surface area contributed by atoms with Gasteiger partial charge in [-0.25, -0.2) is 8.42 Å². The largest absolute Gasteiger partial charge is 0.352 e. The van der Waals surface area contributed by atoms with Crippen molar-refractivity contribution in [3.8, 4) is 0 Å². The van der Waals surface area contributed by atoms with E-state index in [0.29, 0.717) is 6.42 Å². The van der Waals surface area contributed by atoms with Crippen LogP contribution in [0.4, 0.5) is 5.69 Å². The molecule has 1 N–H and O–H groups in total. The smallest absolute Gasteiger partial charge is 0.264 e. The zero-order valence-electron chi connectivity index (χ0n) is 23.1. The summed E-state index contributed by atoms with van der Waals surface area (Å²) in [5.41, 5.74) is 1.76. The lowest BCUT2D eigenvalue weighted by molar-refractivity contribution is -0.140. The lowest BCUT2D eigenvalue weighted by Crippen LogP contribution is -2.53. The van der Waals surface area contributed by atoms with Crippen LogP contribution in [0, 0.1) is 6.92 Å². The van der Waals surface area contributed by atoms with E-state index < -0.39 is 28.5 Å². The van der Waals surface area contributed by atoms with Crippen LogP contribution in [-0.4, -0.2) is 43.8 Å². The summed E-state index contributed by atoms with van der Waals surface area (Å²) in [7, 11) is -4.25. The van der Waals surface area contributed by atoms with Crippen molar-refractivity contribution in [1.29, 1.82) is 0 Å². The van der Waals surface area contributed by atoms with E-state index in [4.69, 9.17) is 23.2 Å². The number of nitrogens with one attached hydrogen (secondary N) is 1. The Kier molecular flexibility index (Phi) is 11.0. The third-order valence-electron chi connectivity index (χ3n) is 6.67. The molecule has 214 valence electrons. The first-order valence-electron chi connectivity index (χ1n) is 13.2. The van der Waals surface area contributed by atoms with E-state index in [2.05, 4.69) is 5.32 Å². The van der Waals surface area contributed by atoms with Crippen LogP contribution < -0.4 is 9.62 Å². The summed E-state index contributed by atoms with van der Waals surface area (Å²) >= 11 is 12.7. The number of hydrogen-bond acceptors (Lipinski definition) is 4. The van der Waals surface area contributed by atoms with Gasteiger partial charge in [0.2, 0.25) is 11.8 Å². The Bertz CT molecular complexity index is 1420. The highest BCUT2D eigenvalue weighted by molar-refractivity contribution is 7.92. The van der Waals surface area contributed by atoms with Gasteiger partial charge in [-0.05, 0) is 56.5 Å². The van der Waals surface area contributed by atoms with Crippen molar-refractivity contribution in [3.63, 3.8) is 0 Å². The zero-order chi connectivity index (χ0) is 29.4. The number of hydrogen-bond donors (Lipinski definition) is 1. The number of carbonyl (C=O) groups is 2. The molecule has 0 fully saturated rings. The maximum atomic E-state index is 14.1. The summed E-state index contributed by atoms with van der Waals surface area (Å²) in [4.78, 5) is 28.8. The molecule has 0 bridgehead atoms. The van der Waals surface area contributed by atoms with Gasteiger partial charge in [0, 0.05) is 12.6 Å². The van der Waals surface area contributed by atoms with Gasteiger partial charge in [-0.2, -0.15) is 0 Å². The van der Waals surface area contributed by atoms with E-state index in [0.717, 1.165) is 21.9 Å². The van der Waals surface area contributed by atoms with Gasteiger partial charge in [0.25, 0.3) is 10.0 Å². The van der Waals surface area contributed by atoms with Gasteiger partial charge in [-0.1, -0.05) is 91.1 Å². The molecule has 0 saturated heterocycles. The Labute approximate surface area is 247 Å². The fourth-order valence-corrected chi connectivity index (χ4v) is 6.05. The van der Waals surface area contributed by atoms with Gasteiger partial charge in [0.15, 0.2) is 0 Å². The fourth-order valence-electron chi connectivity index (χ4n) is 4.18. The number of amides is 2. The van der Waals surface area contributed by atoms with Crippen molar-refractivity contribution in [2.24, 2.45) is 0 Å². The van der Waals surface area contributed by atoms with Gasteiger partial charge in [-0.3, -0.25) is 13.9 Å². The first-order chi connectivity index (χ1) is 19.0. The van der Waals surface area contributed by atoms with Crippen LogP contribution in [0.1, 0.15) is 44.7 Å². The zero-order valence-corrected chi connectivity index (χ0v) is 25.4. The average Bonchev–Trinajstić information content (AvgIpc) is 2.93. The monoisotopic (exact) mass is 603 g/mol. The SMILES string of the molecule is CC[C@@H](C)NC(=O)[C@H](CC)N(Cc1ccccc1)C(=O)CN(c1cccc(Cl)c1Cl)S(=O)(=O)c1ccc(C)cc1. The third kappa shape index (κ3) is 7.56. The van der Waals surface area contributed by atoms with Crippen molar-refractivity contribution in [3.05, 3.63) is 94.0 Å². The Hall–Kier alpha value is -3.07. The molecule has 2 amide bonds. The molecule has 10 heteroatoms. The lowest BCUT2D eigenvalue weighted by atomic mass is 10.1. The number of carbonyl (C=O) groups excluding carboxylic acids is 2. The van der Waals surface area contributed by atoms with Crippen LogP contribution in [0.3, 0.4) is 0 Å². The summed E-state index contributed by atoms with van der Waals surface area (Å²) in [6.45, 7) is 7.06. The molecule has 0 aliphatic heterocycles. The molecule has 3 rings (SSSR count). The van der Waals surface area contributed by atoms with E-state index in [1.165, 1.54) is 23.1 Å². The quantitative estimate of drug-likeness (QED) is 0.266. The second-order valence-electron chi connectivity index (χ2n) is 9.65. The molecule has 7 nitrogen and oxygen atoms in total. The minimum atomic E-state index is -4.25. The van der Waals surface area contributed by atoms with Gasteiger partial charge in [0.1, 0.15) is 12.6 Å². The maximum Gasteiger partial charge on any atom is 0.264 e.